The van der Waals surface area contributed by atoms with Crippen LogP contribution in [0.25, 0.3) is 0 Å². The number of hydrogen-bond acceptors (Lipinski definition) is 5. The number of unbranched alkanes of at least 4 members (excludes halogenated alkanes) is 11. The Morgan fingerprint density at radius 3 is 1.38 bits per heavy atom. The quantitative estimate of drug-likeness (QED) is 0.165. The molecule has 0 atom stereocenters. The SMILES string of the molecule is CCCCCCCCCCCCCOOO.O=C(O)CCCCC(=O)O. The average Bonchev–Trinajstić information content (AvgIpc) is 2.60. The molecule has 0 aromatic rings. The first-order valence-corrected chi connectivity index (χ1v) is 9.91. The van der Waals surface area contributed by atoms with Gasteiger partial charge >= 0.3 is 11.9 Å². The molecule has 26 heavy (non-hydrogen) atoms. The zero-order chi connectivity index (χ0) is 19.9. The lowest BCUT2D eigenvalue weighted by Crippen LogP contribution is -1.97. The highest BCUT2D eigenvalue weighted by Gasteiger charge is 1.99. The molecule has 0 saturated heterocycles. The van der Waals surface area contributed by atoms with Crippen molar-refractivity contribution in [3.05, 3.63) is 0 Å². The highest BCUT2D eigenvalue weighted by Crippen LogP contribution is 2.11. The first-order chi connectivity index (χ1) is 12.5. The maximum atomic E-state index is 9.90. The highest BCUT2D eigenvalue weighted by atomic mass is 17.5. The Bertz CT molecular complexity index is 278. The van der Waals surface area contributed by atoms with Gasteiger partial charge in [0.05, 0.1) is 6.61 Å². The number of hydrogen-bond donors (Lipinski definition) is 3. The van der Waals surface area contributed by atoms with Gasteiger partial charge in [0.25, 0.3) is 0 Å². The normalized spacial score (nSPS) is 10.2. The molecule has 0 aliphatic heterocycles. The van der Waals surface area contributed by atoms with Gasteiger partial charge in [0, 0.05) is 12.8 Å². The number of rotatable bonds is 18. The monoisotopic (exact) mass is 378 g/mol. The highest BCUT2D eigenvalue weighted by molar-refractivity contribution is 5.67. The number of carboxylic acid groups (broad SMARTS) is 2. The summed E-state index contributed by atoms with van der Waals surface area (Å²) in [5.41, 5.74) is 0. The van der Waals surface area contributed by atoms with Crippen molar-refractivity contribution in [1.82, 2.24) is 0 Å². The Morgan fingerprint density at radius 2 is 1.04 bits per heavy atom. The molecular formula is C19H38O7. The van der Waals surface area contributed by atoms with Gasteiger partial charge in [-0.05, 0) is 19.3 Å². The summed E-state index contributed by atoms with van der Waals surface area (Å²) in [5, 5.41) is 27.7. The largest absolute Gasteiger partial charge is 0.481 e. The van der Waals surface area contributed by atoms with E-state index >= 15 is 0 Å². The molecule has 0 heterocycles. The first kappa shape index (κ1) is 27.0. The van der Waals surface area contributed by atoms with E-state index < -0.39 is 11.9 Å². The summed E-state index contributed by atoms with van der Waals surface area (Å²) in [6.07, 6.45) is 15.5. The fourth-order valence-electron chi connectivity index (χ4n) is 2.41. The molecule has 0 radical (unpaired) electrons. The van der Waals surface area contributed by atoms with E-state index in [1.54, 1.807) is 0 Å². The fraction of sp³-hybridized carbons (Fsp3) is 0.895. The zero-order valence-electron chi connectivity index (χ0n) is 16.3. The van der Waals surface area contributed by atoms with Crippen molar-refractivity contribution in [2.24, 2.45) is 0 Å². The van der Waals surface area contributed by atoms with E-state index in [1.807, 2.05) is 0 Å². The Kier molecular flexibility index (Phi) is 24.8. The predicted octanol–water partition coefficient (Wildman–Crippen LogP) is 5.43. The Balaban J connectivity index is 0. The molecule has 7 heteroatoms. The summed E-state index contributed by atoms with van der Waals surface area (Å²) >= 11 is 0. The van der Waals surface area contributed by atoms with Gasteiger partial charge in [-0.2, -0.15) is 0 Å². The molecule has 0 rings (SSSR count). The lowest BCUT2D eigenvalue weighted by molar-refractivity contribution is -0.490. The smallest absolute Gasteiger partial charge is 0.303 e. The van der Waals surface area contributed by atoms with Crippen LogP contribution < -0.4 is 0 Å². The maximum absolute atomic E-state index is 9.90. The van der Waals surface area contributed by atoms with Crippen LogP contribution in [-0.4, -0.2) is 34.0 Å². The van der Waals surface area contributed by atoms with Gasteiger partial charge in [-0.25, -0.2) is 10.1 Å². The molecular weight excluding hydrogens is 340 g/mol. The Morgan fingerprint density at radius 1 is 0.654 bits per heavy atom. The summed E-state index contributed by atoms with van der Waals surface area (Å²) in [5.74, 6) is -1.74. The number of carbonyl (C=O) groups is 2. The second-order valence-electron chi connectivity index (χ2n) is 6.43. The Labute approximate surface area is 157 Å². The average molecular weight is 379 g/mol. The lowest BCUT2D eigenvalue weighted by Gasteiger charge is -2.02. The minimum atomic E-state index is -0.870. The van der Waals surface area contributed by atoms with Crippen LogP contribution in [0.2, 0.25) is 0 Å². The standard InChI is InChI=1S/C13H28O3.C6H10O4/c1-2-3-4-5-6-7-8-9-10-11-12-13-15-16-14;7-5(8)3-1-2-4-6(9)10/h14H,2-13H2,1H3;1-4H2,(H,7,8)(H,9,10). The summed E-state index contributed by atoms with van der Waals surface area (Å²) in [4.78, 5) is 24.2. The van der Waals surface area contributed by atoms with Gasteiger partial charge in [0.15, 0.2) is 0 Å². The molecule has 3 N–H and O–H groups in total. The van der Waals surface area contributed by atoms with Gasteiger partial charge in [-0.15, -0.1) is 0 Å². The third kappa shape index (κ3) is 30.7. The van der Waals surface area contributed by atoms with Crippen molar-refractivity contribution in [2.75, 3.05) is 6.61 Å². The van der Waals surface area contributed by atoms with E-state index in [4.69, 9.17) is 15.5 Å². The van der Waals surface area contributed by atoms with Crippen LogP contribution in [0.4, 0.5) is 0 Å². The molecule has 0 aromatic heterocycles. The van der Waals surface area contributed by atoms with Gasteiger partial charge in [0.1, 0.15) is 0 Å². The van der Waals surface area contributed by atoms with Crippen LogP contribution in [0.1, 0.15) is 103 Å². The van der Waals surface area contributed by atoms with Crippen molar-refractivity contribution in [1.29, 1.82) is 0 Å². The van der Waals surface area contributed by atoms with Gasteiger partial charge < -0.3 is 10.2 Å². The van der Waals surface area contributed by atoms with Crippen molar-refractivity contribution in [3.8, 4) is 0 Å². The molecule has 0 fully saturated rings. The van der Waals surface area contributed by atoms with Crippen LogP contribution >= 0.6 is 0 Å². The van der Waals surface area contributed by atoms with Crippen molar-refractivity contribution < 1.29 is 35.0 Å². The fourth-order valence-corrected chi connectivity index (χ4v) is 2.41. The Hall–Kier alpha value is -1.18. The molecule has 0 aliphatic rings. The van der Waals surface area contributed by atoms with E-state index in [9.17, 15) is 9.59 Å². The van der Waals surface area contributed by atoms with Crippen LogP contribution in [0.5, 0.6) is 0 Å². The van der Waals surface area contributed by atoms with Crippen LogP contribution in [0.15, 0.2) is 0 Å². The molecule has 0 aromatic carbocycles. The second-order valence-corrected chi connectivity index (χ2v) is 6.43. The molecule has 156 valence electrons. The molecule has 0 unspecified atom stereocenters. The van der Waals surface area contributed by atoms with E-state index in [0.717, 1.165) is 6.42 Å². The zero-order valence-corrected chi connectivity index (χ0v) is 16.3. The van der Waals surface area contributed by atoms with Crippen molar-refractivity contribution in [3.63, 3.8) is 0 Å². The number of aliphatic carboxylic acids is 2. The third-order valence-corrected chi connectivity index (χ3v) is 3.92. The van der Waals surface area contributed by atoms with Crippen molar-refractivity contribution >= 4 is 11.9 Å². The summed E-state index contributed by atoms with van der Waals surface area (Å²) < 4.78 is 0. The molecule has 0 amide bonds. The molecule has 0 aliphatic carbocycles. The van der Waals surface area contributed by atoms with Crippen LogP contribution in [0, 0.1) is 0 Å². The summed E-state index contributed by atoms with van der Waals surface area (Å²) in [7, 11) is 0. The minimum Gasteiger partial charge on any atom is -0.481 e. The number of carboxylic acids is 2. The first-order valence-electron chi connectivity index (χ1n) is 9.91. The lowest BCUT2D eigenvalue weighted by atomic mass is 10.1. The van der Waals surface area contributed by atoms with Crippen molar-refractivity contribution in [2.45, 2.75) is 103 Å². The van der Waals surface area contributed by atoms with Gasteiger partial charge in [-0.3, -0.25) is 9.59 Å². The predicted molar refractivity (Wildman–Crippen MR) is 99.9 cm³/mol. The molecule has 7 nitrogen and oxygen atoms in total. The molecule has 0 spiro atoms. The topological polar surface area (TPSA) is 113 Å². The second kappa shape index (κ2) is 23.8. The van der Waals surface area contributed by atoms with Gasteiger partial charge in [-0.1, -0.05) is 76.2 Å². The minimum absolute atomic E-state index is 0.0628. The molecule has 0 bridgehead atoms. The van der Waals surface area contributed by atoms with E-state index in [2.05, 4.69) is 16.8 Å². The maximum Gasteiger partial charge on any atom is 0.303 e. The molecule has 0 saturated carbocycles. The summed E-state index contributed by atoms with van der Waals surface area (Å²) in [6.45, 7) is 2.75. The van der Waals surface area contributed by atoms with Crippen LogP contribution in [0.3, 0.4) is 0 Å². The van der Waals surface area contributed by atoms with E-state index in [0.29, 0.717) is 19.4 Å². The van der Waals surface area contributed by atoms with Crippen LogP contribution in [-0.2, 0) is 19.5 Å². The third-order valence-electron chi connectivity index (χ3n) is 3.92. The summed E-state index contributed by atoms with van der Waals surface area (Å²) in [6, 6.07) is 0. The van der Waals surface area contributed by atoms with E-state index in [-0.39, 0.29) is 12.8 Å². The van der Waals surface area contributed by atoms with E-state index in [1.165, 1.54) is 64.2 Å². The van der Waals surface area contributed by atoms with Gasteiger partial charge in [0.2, 0.25) is 0 Å².